The second-order valence-electron chi connectivity index (χ2n) is 4.60. The van der Waals surface area contributed by atoms with Crippen molar-refractivity contribution in [2.75, 3.05) is 4.72 Å². The van der Waals surface area contributed by atoms with Crippen molar-refractivity contribution < 1.29 is 17.2 Å². The van der Waals surface area contributed by atoms with Crippen LogP contribution in [-0.4, -0.2) is 13.4 Å². The summed E-state index contributed by atoms with van der Waals surface area (Å²) in [5.41, 5.74) is 1.11. The van der Waals surface area contributed by atoms with E-state index in [-0.39, 0.29) is 15.6 Å². The van der Waals surface area contributed by atoms with E-state index >= 15 is 0 Å². The van der Waals surface area contributed by atoms with Gasteiger partial charge in [0.1, 0.15) is 11.3 Å². The van der Waals surface area contributed by atoms with E-state index in [1.165, 1.54) is 24.3 Å². The van der Waals surface area contributed by atoms with Crippen molar-refractivity contribution in [3.05, 3.63) is 53.1 Å². The number of oxazole rings is 1. The monoisotopic (exact) mass is 340 g/mol. The molecular weight excluding hydrogens is 331 g/mol. The molecule has 0 unspecified atom stereocenters. The number of nitrogens with one attached hydrogen (secondary N) is 1. The van der Waals surface area contributed by atoms with Crippen molar-refractivity contribution >= 4 is 38.4 Å². The van der Waals surface area contributed by atoms with Gasteiger partial charge in [-0.1, -0.05) is 11.6 Å². The molecule has 0 radical (unpaired) electrons. The van der Waals surface area contributed by atoms with Gasteiger partial charge in [-0.25, -0.2) is 17.8 Å². The number of anilines is 1. The summed E-state index contributed by atoms with van der Waals surface area (Å²) in [5, 5.41) is -0.165. The van der Waals surface area contributed by atoms with Crippen molar-refractivity contribution in [2.24, 2.45) is 0 Å². The lowest BCUT2D eigenvalue weighted by Crippen LogP contribution is -2.12. The fraction of sp³-hybridized carbons (Fsp3) is 0.0714. The Kier molecular flexibility index (Phi) is 3.54. The van der Waals surface area contributed by atoms with Crippen LogP contribution in [0.3, 0.4) is 0 Å². The third-order valence-corrected chi connectivity index (χ3v) is 4.62. The molecule has 8 heteroatoms. The number of rotatable bonds is 3. The molecule has 3 aromatic rings. The van der Waals surface area contributed by atoms with Crippen LogP contribution in [0.4, 0.5) is 10.1 Å². The maximum atomic E-state index is 13.1. The first-order valence-electron chi connectivity index (χ1n) is 6.20. The second-order valence-corrected chi connectivity index (χ2v) is 6.69. The molecule has 1 heterocycles. The van der Waals surface area contributed by atoms with Crippen molar-refractivity contribution in [1.82, 2.24) is 4.98 Å². The highest BCUT2D eigenvalue weighted by Gasteiger charge is 2.17. The first-order chi connectivity index (χ1) is 10.3. The maximum Gasteiger partial charge on any atom is 0.262 e. The van der Waals surface area contributed by atoms with E-state index in [9.17, 15) is 12.8 Å². The third-order valence-electron chi connectivity index (χ3n) is 2.95. The zero-order valence-electron chi connectivity index (χ0n) is 11.3. The third kappa shape index (κ3) is 2.77. The Morgan fingerprint density at radius 2 is 2.00 bits per heavy atom. The number of hydrogen-bond donors (Lipinski definition) is 1. The molecule has 0 aliphatic heterocycles. The summed E-state index contributed by atoms with van der Waals surface area (Å²) in [6.45, 7) is 1.67. The molecule has 0 fully saturated rings. The summed E-state index contributed by atoms with van der Waals surface area (Å²) in [4.78, 5) is 4.11. The van der Waals surface area contributed by atoms with Crippen molar-refractivity contribution in [2.45, 2.75) is 11.8 Å². The van der Waals surface area contributed by atoms with Crippen LogP contribution in [0.25, 0.3) is 11.1 Å². The van der Waals surface area contributed by atoms with Gasteiger partial charge in [0.05, 0.1) is 15.6 Å². The summed E-state index contributed by atoms with van der Waals surface area (Å²) in [6, 6.07) is 7.92. The Labute approximate surface area is 130 Å². The fourth-order valence-electron chi connectivity index (χ4n) is 1.96. The molecule has 0 atom stereocenters. The molecule has 0 bridgehead atoms. The number of sulfonamides is 1. The van der Waals surface area contributed by atoms with E-state index in [1.54, 1.807) is 13.0 Å². The molecule has 0 saturated heterocycles. The van der Waals surface area contributed by atoms with Crippen LogP contribution in [-0.2, 0) is 10.0 Å². The molecule has 3 rings (SSSR count). The van der Waals surface area contributed by atoms with E-state index in [0.717, 1.165) is 6.07 Å². The number of aromatic nitrogens is 1. The standard InChI is InChI=1S/C14H10ClFN2O3S/c1-8-17-13-5-3-10(7-14(13)21-8)22(19,20)18-9-2-4-12(16)11(15)6-9/h2-7,18H,1H3. The first-order valence-corrected chi connectivity index (χ1v) is 8.06. The number of benzene rings is 2. The van der Waals surface area contributed by atoms with Crippen LogP contribution in [0.1, 0.15) is 5.89 Å². The molecule has 1 aromatic heterocycles. The molecule has 5 nitrogen and oxygen atoms in total. The highest BCUT2D eigenvalue weighted by molar-refractivity contribution is 7.92. The zero-order chi connectivity index (χ0) is 15.9. The van der Waals surface area contributed by atoms with Gasteiger partial charge in [-0.05, 0) is 30.3 Å². The Balaban J connectivity index is 1.98. The number of aryl methyl sites for hydroxylation is 1. The molecule has 0 saturated carbocycles. The lowest BCUT2D eigenvalue weighted by atomic mass is 10.3. The number of hydrogen-bond acceptors (Lipinski definition) is 4. The van der Waals surface area contributed by atoms with Crippen LogP contribution >= 0.6 is 11.6 Å². The van der Waals surface area contributed by atoms with Gasteiger partial charge in [0, 0.05) is 13.0 Å². The average Bonchev–Trinajstić information content (AvgIpc) is 2.81. The molecule has 1 N–H and O–H groups in total. The fourth-order valence-corrected chi connectivity index (χ4v) is 3.21. The van der Waals surface area contributed by atoms with Crippen LogP contribution in [0, 0.1) is 12.7 Å². The Hall–Kier alpha value is -2.12. The van der Waals surface area contributed by atoms with Gasteiger partial charge in [-0.2, -0.15) is 0 Å². The molecule has 2 aromatic carbocycles. The second kappa shape index (κ2) is 5.26. The van der Waals surface area contributed by atoms with Crippen LogP contribution in [0.5, 0.6) is 0 Å². The Morgan fingerprint density at radius 3 is 2.73 bits per heavy atom. The normalized spacial score (nSPS) is 11.8. The van der Waals surface area contributed by atoms with Gasteiger partial charge in [0.2, 0.25) is 0 Å². The van der Waals surface area contributed by atoms with E-state index in [2.05, 4.69) is 9.71 Å². The summed E-state index contributed by atoms with van der Waals surface area (Å²) < 4.78 is 45.4. The number of nitrogens with zero attached hydrogens (tertiary/aromatic N) is 1. The van der Waals surface area contributed by atoms with Gasteiger partial charge in [0.25, 0.3) is 10.0 Å². The van der Waals surface area contributed by atoms with Crippen LogP contribution in [0.15, 0.2) is 45.7 Å². The van der Waals surface area contributed by atoms with E-state index in [4.69, 9.17) is 16.0 Å². The smallest absolute Gasteiger partial charge is 0.262 e. The largest absolute Gasteiger partial charge is 0.441 e. The van der Waals surface area contributed by atoms with Gasteiger partial charge in [-0.15, -0.1) is 0 Å². The van der Waals surface area contributed by atoms with E-state index < -0.39 is 15.8 Å². The Bertz CT molecular complexity index is 969. The molecule has 114 valence electrons. The van der Waals surface area contributed by atoms with E-state index in [0.29, 0.717) is 17.0 Å². The molecule has 0 spiro atoms. The van der Waals surface area contributed by atoms with E-state index in [1.807, 2.05) is 0 Å². The van der Waals surface area contributed by atoms with Crippen molar-refractivity contribution in [1.29, 1.82) is 0 Å². The molecule has 0 aliphatic rings. The minimum atomic E-state index is -3.84. The summed E-state index contributed by atoms with van der Waals surface area (Å²) in [5.74, 6) is -0.175. The van der Waals surface area contributed by atoms with Gasteiger partial charge < -0.3 is 4.42 Å². The SMILES string of the molecule is Cc1nc2ccc(S(=O)(=O)Nc3ccc(F)c(Cl)c3)cc2o1. The molecule has 0 aliphatic carbocycles. The lowest BCUT2D eigenvalue weighted by molar-refractivity contribution is 0.559. The highest BCUT2D eigenvalue weighted by atomic mass is 35.5. The van der Waals surface area contributed by atoms with Crippen molar-refractivity contribution in [3.63, 3.8) is 0 Å². The van der Waals surface area contributed by atoms with Gasteiger partial charge >= 0.3 is 0 Å². The molecular formula is C14H10ClFN2O3S. The topological polar surface area (TPSA) is 72.2 Å². The minimum absolute atomic E-state index is 0.0107. The molecule has 22 heavy (non-hydrogen) atoms. The van der Waals surface area contributed by atoms with Gasteiger partial charge in [-0.3, -0.25) is 4.72 Å². The molecule has 0 amide bonds. The highest BCUT2D eigenvalue weighted by Crippen LogP contribution is 2.24. The predicted molar refractivity (Wildman–Crippen MR) is 81.0 cm³/mol. The zero-order valence-corrected chi connectivity index (χ0v) is 12.9. The first kappa shape index (κ1) is 14.8. The number of halogens is 2. The quantitative estimate of drug-likeness (QED) is 0.788. The maximum absolute atomic E-state index is 13.1. The van der Waals surface area contributed by atoms with Crippen molar-refractivity contribution in [3.8, 4) is 0 Å². The lowest BCUT2D eigenvalue weighted by Gasteiger charge is -2.08. The summed E-state index contributed by atoms with van der Waals surface area (Å²) in [6.07, 6.45) is 0. The minimum Gasteiger partial charge on any atom is -0.441 e. The van der Waals surface area contributed by atoms with Crippen LogP contribution < -0.4 is 4.72 Å². The van der Waals surface area contributed by atoms with Gasteiger partial charge in [0.15, 0.2) is 11.5 Å². The Morgan fingerprint density at radius 1 is 1.23 bits per heavy atom. The summed E-state index contributed by atoms with van der Waals surface area (Å²) in [7, 11) is -3.84. The number of fused-ring (bicyclic) bond motifs is 1. The summed E-state index contributed by atoms with van der Waals surface area (Å²) >= 11 is 5.64. The average molecular weight is 341 g/mol. The van der Waals surface area contributed by atoms with Crippen LogP contribution in [0.2, 0.25) is 5.02 Å². The predicted octanol–water partition coefficient (Wildman–Crippen LogP) is 3.73.